The third kappa shape index (κ3) is 3.88. The molecule has 0 spiro atoms. The number of hydrogen-bond donors (Lipinski definition) is 1. The van der Waals surface area contributed by atoms with Crippen molar-refractivity contribution < 1.29 is 23.2 Å². The molecule has 1 N–H and O–H groups in total. The second kappa shape index (κ2) is 8.07. The number of nitrogens with zero attached hydrogens (tertiary/aromatic N) is 4. The van der Waals surface area contributed by atoms with Crippen LogP contribution in [0, 0.1) is 0 Å². The highest BCUT2D eigenvalue weighted by molar-refractivity contribution is 7.93. The number of fused-ring (bicyclic) bond motifs is 2. The largest absolute Gasteiger partial charge is 0.493 e. The molecule has 0 saturated heterocycles. The number of carbonyl (C=O) groups excluding carboxylic acids is 1. The van der Waals surface area contributed by atoms with E-state index in [1.807, 2.05) is 25.1 Å². The van der Waals surface area contributed by atoms with Crippen molar-refractivity contribution in [3.63, 3.8) is 0 Å². The molecule has 2 aromatic heterocycles. The van der Waals surface area contributed by atoms with E-state index in [-0.39, 0.29) is 6.10 Å². The van der Waals surface area contributed by atoms with Crippen LogP contribution in [-0.4, -0.2) is 51.1 Å². The number of nitrogens with one attached hydrogen (secondary N) is 1. The van der Waals surface area contributed by atoms with Crippen molar-refractivity contribution >= 4 is 21.4 Å². The summed E-state index contributed by atoms with van der Waals surface area (Å²) in [6.07, 6.45) is 5.04. The van der Waals surface area contributed by atoms with Crippen LogP contribution >= 0.6 is 0 Å². The number of methoxy groups -OCH3 is 1. The Morgan fingerprint density at radius 2 is 2.21 bits per heavy atom. The molecule has 5 rings (SSSR count). The molecule has 33 heavy (non-hydrogen) atoms. The predicted octanol–water partition coefficient (Wildman–Crippen LogP) is 3.36. The second-order valence-corrected chi connectivity index (χ2v) is 10.1. The molecule has 0 saturated carbocycles. The summed E-state index contributed by atoms with van der Waals surface area (Å²) < 4.78 is 35.7. The molecule has 172 valence electrons. The number of benzene rings is 1. The first-order valence-corrected chi connectivity index (χ1v) is 12.3. The van der Waals surface area contributed by atoms with E-state index < -0.39 is 15.8 Å². The zero-order valence-corrected chi connectivity index (χ0v) is 19.2. The van der Waals surface area contributed by atoms with E-state index in [4.69, 9.17) is 14.2 Å². The summed E-state index contributed by atoms with van der Waals surface area (Å²) in [5.41, 5.74) is 2.99. The van der Waals surface area contributed by atoms with E-state index in [0.29, 0.717) is 47.7 Å². The molecule has 3 aromatic rings. The number of rotatable bonds is 4. The van der Waals surface area contributed by atoms with Gasteiger partial charge in [-0.15, -0.1) is 4.36 Å². The van der Waals surface area contributed by atoms with Gasteiger partial charge < -0.3 is 19.5 Å². The molecular formula is C22H23N5O5S. The van der Waals surface area contributed by atoms with Crippen LogP contribution in [0.25, 0.3) is 11.1 Å². The fraction of sp³-hybridized carbons (Fsp3) is 0.318. The van der Waals surface area contributed by atoms with E-state index in [0.717, 1.165) is 16.7 Å². The molecule has 0 radical (unpaired) electrons. The molecule has 1 aromatic carbocycles. The minimum absolute atomic E-state index is 0.0803. The standard InChI is InChI=1S/C22H23N5O5S/c1-13-12-27-21(32-13)18(11-24-27)33(3,29)26-22(28)25-20-15(4-5-17-16(20)7-9-31-17)14-6-8-23-19(10-14)30-2/h4-6,8,10-11,13H,7,9,12H2,1-3H3,(H,25,28)/t13-,33-/m1/s1. The Hall–Kier alpha value is -3.60. The van der Waals surface area contributed by atoms with Gasteiger partial charge in [0.1, 0.15) is 16.7 Å². The summed E-state index contributed by atoms with van der Waals surface area (Å²) >= 11 is 0. The van der Waals surface area contributed by atoms with Crippen LogP contribution in [-0.2, 0) is 22.7 Å². The van der Waals surface area contributed by atoms with Crippen LogP contribution in [0.1, 0.15) is 12.5 Å². The number of carbonyl (C=O) groups is 1. The maximum atomic E-state index is 13.4. The molecule has 10 nitrogen and oxygen atoms in total. The van der Waals surface area contributed by atoms with E-state index in [9.17, 15) is 9.00 Å². The Kier molecular flexibility index (Phi) is 5.20. The van der Waals surface area contributed by atoms with Gasteiger partial charge >= 0.3 is 6.03 Å². The Morgan fingerprint density at radius 1 is 1.36 bits per heavy atom. The fourth-order valence-corrected chi connectivity index (χ4v) is 5.20. The second-order valence-electron chi connectivity index (χ2n) is 7.90. The summed E-state index contributed by atoms with van der Waals surface area (Å²) in [5, 5.41) is 7.06. The van der Waals surface area contributed by atoms with Gasteiger partial charge in [-0.2, -0.15) is 5.10 Å². The van der Waals surface area contributed by atoms with Crippen LogP contribution in [0.5, 0.6) is 17.5 Å². The molecule has 2 amide bonds. The molecule has 2 atom stereocenters. The van der Waals surface area contributed by atoms with Gasteiger partial charge in [-0.3, -0.25) is 0 Å². The quantitative estimate of drug-likeness (QED) is 0.623. The highest BCUT2D eigenvalue weighted by Crippen LogP contribution is 2.40. The van der Waals surface area contributed by atoms with Gasteiger partial charge in [0.05, 0.1) is 41.9 Å². The van der Waals surface area contributed by atoms with E-state index in [2.05, 4.69) is 19.8 Å². The average molecular weight is 470 g/mol. The highest BCUT2D eigenvalue weighted by atomic mass is 32.2. The molecular weight excluding hydrogens is 446 g/mol. The van der Waals surface area contributed by atoms with Crippen molar-refractivity contribution in [2.75, 3.05) is 25.3 Å². The first-order chi connectivity index (χ1) is 15.9. The van der Waals surface area contributed by atoms with Gasteiger partial charge in [0.25, 0.3) is 0 Å². The molecule has 0 fully saturated rings. The van der Waals surface area contributed by atoms with Crippen LogP contribution in [0.4, 0.5) is 10.5 Å². The van der Waals surface area contributed by atoms with Gasteiger partial charge in [0.15, 0.2) is 0 Å². The van der Waals surface area contributed by atoms with Crippen molar-refractivity contribution in [3.05, 3.63) is 42.2 Å². The van der Waals surface area contributed by atoms with Crippen LogP contribution in [0.3, 0.4) is 0 Å². The molecule has 11 heteroatoms. The van der Waals surface area contributed by atoms with Crippen LogP contribution < -0.4 is 19.5 Å². The van der Waals surface area contributed by atoms with Crippen molar-refractivity contribution in [2.24, 2.45) is 4.36 Å². The Bertz CT molecular complexity index is 1380. The monoisotopic (exact) mass is 469 g/mol. The average Bonchev–Trinajstić information content (AvgIpc) is 3.49. The Balaban J connectivity index is 1.52. The maximum absolute atomic E-state index is 13.4. The first-order valence-electron chi connectivity index (χ1n) is 10.4. The lowest BCUT2D eigenvalue weighted by molar-refractivity contribution is 0.248. The number of hydrogen-bond acceptors (Lipinski definition) is 7. The van der Waals surface area contributed by atoms with Gasteiger partial charge in [-0.1, -0.05) is 0 Å². The smallest absolute Gasteiger partial charge is 0.353 e. The fourth-order valence-electron chi connectivity index (χ4n) is 4.02. The molecule has 2 aliphatic heterocycles. The number of anilines is 1. The molecule has 2 aliphatic rings. The lowest BCUT2D eigenvalue weighted by atomic mass is 9.99. The van der Waals surface area contributed by atoms with Crippen LogP contribution in [0.2, 0.25) is 0 Å². The van der Waals surface area contributed by atoms with Gasteiger partial charge in [-0.25, -0.2) is 18.7 Å². The van der Waals surface area contributed by atoms with E-state index in [1.165, 1.54) is 12.5 Å². The highest BCUT2D eigenvalue weighted by Gasteiger charge is 2.28. The predicted molar refractivity (Wildman–Crippen MR) is 122 cm³/mol. The van der Waals surface area contributed by atoms with Gasteiger partial charge in [0.2, 0.25) is 11.8 Å². The summed E-state index contributed by atoms with van der Waals surface area (Å²) in [5.74, 6) is 1.54. The van der Waals surface area contributed by atoms with Crippen molar-refractivity contribution in [1.29, 1.82) is 0 Å². The number of ether oxygens (including phenoxy) is 3. The topological polar surface area (TPSA) is 117 Å². The zero-order chi connectivity index (χ0) is 23.2. The molecule has 0 bridgehead atoms. The SMILES string of the molecule is COc1cc(-c2ccc3c(c2NC(=O)N=[S@](C)(=O)c2cnn4c2O[C@H](C)C4)CCO3)ccn1. The first kappa shape index (κ1) is 21.3. The molecule has 0 unspecified atom stereocenters. The third-order valence-electron chi connectivity index (χ3n) is 5.53. The van der Waals surface area contributed by atoms with Gasteiger partial charge in [-0.05, 0) is 30.7 Å². The lowest BCUT2D eigenvalue weighted by Gasteiger charge is -2.15. The van der Waals surface area contributed by atoms with Gasteiger partial charge in [0, 0.05) is 36.1 Å². The van der Waals surface area contributed by atoms with E-state index >= 15 is 0 Å². The number of pyridine rings is 1. The third-order valence-corrected chi connectivity index (χ3v) is 7.14. The van der Waals surface area contributed by atoms with Crippen LogP contribution in [0.15, 0.2) is 45.9 Å². The Labute approximate surface area is 191 Å². The normalized spacial score (nSPS) is 17.8. The van der Waals surface area contributed by atoms with Crippen molar-refractivity contribution in [3.8, 4) is 28.6 Å². The number of amides is 2. The summed E-state index contributed by atoms with van der Waals surface area (Å²) in [4.78, 5) is 17.4. The summed E-state index contributed by atoms with van der Waals surface area (Å²) in [7, 11) is -1.55. The summed E-state index contributed by atoms with van der Waals surface area (Å²) in [6.45, 7) is 2.97. The molecule has 0 aliphatic carbocycles. The maximum Gasteiger partial charge on any atom is 0.353 e. The zero-order valence-electron chi connectivity index (χ0n) is 18.4. The van der Waals surface area contributed by atoms with Crippen molar-refractivity contribution in [1.82, 2.24) is 14.8 Å². The lowest BCUT2D eigenvalue weighted by Crippen LogP contribution is -2.13. The van der Waals surface area contributed by atoms with E-state index in [1.54, 1.807) is 24.1 Å². The molecule has 4 heterocycles. The summed E-state index contributed by atoms with van der Waals surface area (Å²) in [6, 6.07) is 6.61. The minimum atomic E-state index is -3.09. The Morgan fingerprint density at radius 3 is 3.03 bits per heavy atom. The minimum Gasteiger partial charge on any atom is -0.493 e. The van der Waals surface area contributed by atoms with Crippen molar-refractivity contribution in [2.45, 2.75) is 30.9 Å². The number of urea groups is 1. The number of aromatic nitrogens is 3.